The summed E-state index contributed by atoms with van der Waals surface area (Å²) in [5, 5.41) is 7.55. The molecule has 244 valence electrons. The van der Waals surface area contributed by atoms with Crippen molar-refractivity contribution in [2.45, 2.75) is 0 Å². The van der Waals surface area contributed by atoms with Gasteiger partial charge in [-0.05, 0) is 98.4 Å². The highest BCUT2D eigenvalue weighted by Crippen LogP contribution is 2.42. The van der Waals surface area contributed by atoms with Gasteiger partial charge in [0, 0.05) is 33.5 Å². The highest BCUT2D eigenvalue weighted by molar-refractivity contribution is 6.11. The minimum Gasteiger partial charge on any atom is -0.310 e. The molecular weight excluding hydrogens is 629 g/mol. The molecule has 1 aromatic heterocycles. The summed E-state index contributed by atoms with van der Waals surface area (Å²) in [7, 11) is 0. The van der Waals surface area contributed by atoms with E-state index >= 15 is 0 Å². The number of hydrogen-bond acceptors (Lipinski definition) is 1. The molecule has 0 saturated heterocycles. The van der Waals surface area contributed by atoms with Crippen molar-refractivity contribution in [3.63, 3.8) is 0 Å². The number of aromatic nitrogens is 1. The van der Waals surface area contributed by atoms with Gasteiger partial charge in [0.1, 0.15) is 0 Å². The number of hydrogen-bond donors (Lipinski definition) is 0. The molecule has 0 saturated carbocycles. The molecule has 10 rings (SSSR count). The van der Waals surface area contributed by atoms with Gasteiger partial charge < -0.3 is 9.47 Å². The Labute approximate surface area is 303 Å². The maximum Gasteiger partial charge on any atom is 0.0541 e. The van der Waals surface area contributed by atoms with Crippen molar-refractivity contribution in [2.75, 3.05) is 4.90 Å². The molecule has 0 aliphatic rings. The van der Waals surface area contributed by atoms with Crippen LogP contribution in [0.3, 0.4) is 0 Å². The molecule has 10 aromatic rings. The predicted molar refractivity (Wildman–Crippen MR) is 221 cm³/mol. The highest BCUT2D eigenvalue weighted by atomic mass is 15.1. The standard InChI is InChI=1S/C50H34N2/c1-2-18-38(19-3-1)51(40-20-13-21-41(34-40)52-48-28-8-6-23-45(48)46-24-7-9-29-49(46)52)39-32-30-36(31-33-39)43-25-11-16-37-17-12-27-47(50(37)43)44-26-10-15-35-14-4-5-22-42(35)44/h1-34H. The maximum absolute atomic E-state index is 2.38. The summed E-state index contributed by atoms with van der Waals surface area (Å²) in [6, 6.07) is 74.6. The van der Waals surface area contributed by atoms with Crippen molar-refractivity contribution in [2.24, 2.45) is 0 Å². The van der Waals surface area contributed by atoms with Crippen LogP contribution in [0.4, 0.5) is 17.1 Å². The summed E-state index contributed by atoms with van der Waals surface area (Å²) in [6.07, 6.45) is 0. The Kier molecular flexibility index (Phi) is 7.18. The molecule has 0 N–H and O–H groups in total. The Morgan fingerprint density at radius 3 is 1.58 bits per heavy atom. The zero-order valence-corrected chi connectivity index (χ0v) is 28.5. The first kappa shape index (κ1) is 30.0. The fourth-order valence-corrected chi connectivity index (χ4v) is 8.05. The lowest BCUT2D eigenvalue weighted by atomic mass is 9.89. The number of para-hydroxylation sites is 3. The molecule has 0 radical (unpaired) electrons. The molecule has 9 aromatic carbocycles. The lowest BCUT2D eigenvalue weighted by Crippen LogP contribution is -2.10. The summed E-state index contributed by atoms with van der Waals surface area (Å²) in [4.78, 5) is 2.35. The molecule has 0 bridgehead atoms. The van der Waals surface area contributed by atoms with Crippen LogP contribution in [0, 0.1) is 0 Å². The Hall–Kier alpha value is -6.90. The largest absolute Gasteiger partial charge is 0.310 e. The Morgan fingerprint density at radius 1 is 0.327 bits per heavy atom. The molecule has 0 amide bonds. The summed E-state index contributed by atoms with van der Waals surface area (Å²) in [6.45, 7) is 0. The van der Waals surface area contributed by atoms with Crippen LogP contribution in [0.2, 0.25) is 0 Å². The fraction of sp³-hybridized carbons (Fsp3) is 0. The Morgan fingerprint density at radius 2 is 0.846 bits per heavy atom. The van der Waals surface area contributed by atoms with E-state index in [0.29, 0.717) is 0 Å². The first-order chi connectivity index (χ1) is 25.8. The van der Waals surface area contributed by atoms with Crippen LogP contribution in [0.5, 0.6) is 0 Å². The third-order valence-corrected chi connectivity index (χ3v) is 10.4. The summed E-state index contributed by atoms with van der Waals surface area (Å²) >= 11 is 0. The lowest BCUT2D eigenvalue weighted by molar-refractivity contribution is 1.17. The number of rotatable bonds is 6. The van der Waals surface area contributed by atoms with Gasteiger partial charge in [-0.2, -0.15) is 0 Å². The van der Waals surface area contributed by atoms with Gasteiger partial charge >= 0.3 is 0 Å². The quantitative estimate of drug-likeness (QED) is 0.172. The van der Waals surface area contributed by atoms with Crippen molar-refractivity contribution in [1.29, 1.82) is 0 Å². The van der Waals surface area contributed by atoms with Crippen molar-refractivity contribution in [1.82, 2.24) is 4.57 Å². The molecule has 52 heavy (non-hydrogen) atoms. The fourth-order valence-electron chi connectivity index (χ4n) is 8.05. The molecule has 0 aliphatic carbocycles. The van der Waals surface area contributed by atoms with Gasteiger partial charge in [0.2, 0.25) is 0 Å². The van der Waals surface area contributed by atoms with Gasteiger partial charge in [-0.3, -0.25) is 0 Å². The monoisotopic (exact) mass is 662 g/mol. The number of anilines is 3. The number of benzene rings is 9. The van der Waals surface area contributed by atoms with E-state index in [1.807, 2.05) is 0 Å². The summed E-state index contributed by atoms with van der Waals surface area (Å²) < 4.78 is 2.38. The van der Waals surface area contributed by atoms with E-state index in [1.54, 1.807) is 0 Å². The smallest absolute Gasteiger partial charge is 0.0541 e. The molecule has 1 heterocycles. The van der Waals surface area contributed by atoms with Crippen LogP contribution in [-0.2, 0) is 0 Å². The van der Waals surface area contributed by atoms with Crippen LogP contribution >= 0.6 is 0 Å². The number of nitrogens with zero attached hydrogens (tertiary/aromatic N) is 2. The minimum atomic E-state index is 1.10. The SMILES string of the molecule is c1ccc(N(c2ccc(-c3cccc4cccc(-c5cccc6ccccc56)c34)cc2)c2cccc(-n3c4ccccc4c4ccccc43)c2)cc1. The van der Waals surface area contributed by atoms with Crippen LogP contribution in [-0.4, -0.2) is 4.57 Å². The molecule has 0 fully saturated rings. The van der Waals surface area contributed by atoms with Crippen LogP contribution < -0.4 is 4.90 Å². The Balaban J connectivity index is 1.10. The topological polar surface area (TPSA) is 8.17 Å². The zero-order valence-electron chi connectivity index (χ0n) is 28.5. The van der Waals surface area contributed by atoms with Crippen molar-refractivity contribution in [3.8, 4) is 27.9 Å². The van der Waals surface area contributed by atoms with Gasteiger partial charge in [-0.15, -0.1) is 0 Å². The van der Waals surface area contributed by atoms with E-state index in [9.17, 15) is 0 Å². The van der Waals surface area contributed by atoms with Gasteiger partial charge in [-0.25, -0.2) is 0 Å². The van der Waals surface area contributed by atoms with Crippen molar-refractivity contribution in [3.05, 3.63) is 206 Å². The normalized spacial score (nSPS) is 11.5. The van der Waals surface area contributed by atoms with Crippen LogP contribution in [0.15, 0.2) is 206 Å². The second kappa shape index (κ2) is 12.5. The van der Waals surface area contributed by atoms with Crippen molar-refractivity contribution >= 4 is 60.4 Å². The second-order valence-corrected chi connectivity index (χ2v) is 13.3. The van der Waals surface area contributed by atoms with E-state index in [4.69, 9.17) is 0 Å². The Bertz CT molecular complexity index is 2840. The van der Waals surface area contributed by atoms with Gasteiger partial charge in [0.15, 0.2) is 0 Å². The van der Waals surface area contributed by atoms with E-state index in [1.165, 1.54) is 65.6 Å². The lowest BCUT2D eigenvalue weighted by Gasteiger charge is -2.26. The maximum atomic E-state index is 2.38. The first-order valence-electron chi connectivity index (χ1n) is 17.9. The molecular formula is C50H34N2. The second-order valence-electron chi connectivity index (χ2n) is 13.3. The highest BCUT2D eigenvalue weighted by Gasteiger charge is 2.17. The van der Waals surface area contributed by atoms with Crippen LogP contribution in [0.1, 0.15) is 0 Å². The molecule has 0 spiro atoms. The minimum absolute atomic E-state index is 1.10. The van der Waals surface area contributed by atoms with E-state index in [-0.39, 0.29) is 0 Å². The molecule has 2 heteroatoms. The number of fused-ring (bicyclic) bond motifs is 5. The van der Waals surface area contributed by atoms with E-state index in [2.05, 4.69) is 216 Å². The van der Waals surface area contributed by atoms with Gasteiger partial charge in [-0.1, -0.05) is 152 Å². The summed E-state index contributed by atoms with van der Waals surface area (Å²) in [5.41, 5.74) is 11.8. The average molecular weight is 663 g/mol. The van der Waals surface area contributed by atoms with E-state index in [0.717, 1.165) is 22.7 Å². The third kappa shape index (κ3) is 4.96. The molecule has 0 aliphatic heterocycles. The summed E-state index contributed by atoms with van der Waals surface area (Å²) in [5.74, 6) is 0. The zero-order chi connectivity index (χ0) is 34.4. The molecule has 2 nitrogen and oxygen atoms in total. The van der Waals surface area contributed by atoms with Crippen molar-refractivity contribution < 1.29 is 0 Å². The average Bonchev–Trinajstić information content (AvgIpc) is 3.56. The van der Waals surface area contributed by atoms with Gasteiger partial charge in [0.05, 0.1) is 11.0 Å². The van der Waals surface area contributed by atoms with E-state index < -0.39 is 0 Å². The third-order valence-electron chi connectivity index (χ3n) is 10.4. The molecule has 0 unspecified atom stereocenters. The predicted octanol–water partition coefficient (Wildman–Crippen LogP) is 13.9. The first-order valence-corrected chi connectivity index (χ1v) is 17.9. The molecule has 0 atom stereocenters. The van der Waals surface area contributed by atoms with Gasteiger partial charge in [0.25, 0.3) is 0 Å². The van der Waals surface area contributed by atoms with Crippen LogP contribution in [0.25, 0.3) is 71.3 Å².